The van der Waals surface area contributed by atoms with Crippen molar-refractivity contribution in [2.75, 3.05) is 25.0 Å². The van der Waals surface area contributed by atoms with E-state index in [9.17, 15) is 0 Å². The lowest BCUT2D eigenvalue weighted by Gasteiger charge is -2.24. The van der Waals surface area contributed by atoms with Crippen LogP contribution < -0.4 is 5.32 Å². The average Bonchev–Trinajstić information content (AvgIpc) is 3.30. The predicted octanol–water partition coefficient (Wildman–Crippen LogP) is 5.40. The van der Waals surface area contributed by atoms with Gasteiger partial charge in [-0.25, -0.2) is 9.97 Å². The maximum absolute atomic E-state index is 8.95. The van der Waals surface area contributed by atoms with Gasteiger partial charge in [0.2, 0.25) is 5.95 Å². The summed E-state index contributed by atoms with van der Waals surface area (Å²) >= 11 is 12.6. The second kappa shape index (κ2) is 11.2. The zero-order valence-electron chi connectivity index (χ0n) is 19.8. The number of aryl methyl sites for hydroxylation is 1. The molecule has 0 radical (unpaired) electrons. The Balaban J connectivity index is 1.38. The van der Waals surface area contributed by atoms with E-state index in [0.29, 0.717) is 39.4 Å². The molecule has 0 bridgehead atoms. The highest BCUT2D eigenvalue weighted by molar-refractivity contribution is 6.36. The first-order valence-corrected chi connectivity index (χ1v) is 12.9. The van der Waals surface area contributed by atoms with E-state index in [-0.39, 0.29) is 0 Å². The van der Waals surface area contributed by atoms with Gasteiger partial charge in [0.05, 0.1) is 22.8 Å². The van der Waals surface area contributed by atoms with Crippen molar-refractivity contribution in [2.24, 2.45) is 0 Å². The minimum Gasteiger partial charge on any atom is -0.354 e. The van der Waals surface area contributed by atoms with Crippen molar-refractivity contribution in [3.05, 3.63) is 69.7 Å². The minimum atomic E-state index is 0.533. The molecule has 3 aromatic heterocycles. The normalized spacial score (nSPS) is 14.1. The molecule has 8 nitrogen and oxygen atoms in total. The summed E-state index contributed by atoms with van der Waals surface area (Å²) in [6, 6.07) is 13.1. The molecule has 1 fully saturated rings. The summed E-state index contributed by atoms with van der Waals surface area (Å²) in [5, 5.41) is 18.3. The quantitative estimate of drug-likeness (QED) is 0.311. The van der Waals surface area contributed by atoms with E-state index in [1.54, 1.807) is 28.9 Å². The van der Waals surface area contributed by atoms with Crippen molar-refractivity contribution in [3.63, 3.8) is 0 Å². The summed E-state index contributed by atoms with van der Waals surface area (Å²) in [7, 11) is 0. The topological polar surface area (TPSA) is 95.0 Å². The Morgan fingerprint density at radius 1 is 1.03 bits per heavy atom. The second-order valence-corrected chi connectivity index (χ2v) is 9.75. The van der Waals surface area contributed by atoms with E-state index in [1.165, 1.54) is 19.3 Å². The lowest BCUT2D eigenvalue weighted by molar-refractivity contribution is 0.216. The van der Waals surface area contributed by atoms with Crippen molar-refractivity contribution in [1.82, 2.24) is 29.5 Å². The first-order chi connectivity index (χ1) is 17.6. The third-order valence-corrected chi connectivity index (χ3v) is 6.78. The Labute approximate surface area is 219 Å². The van der Waals surface area contributed by atoms with E-state index in [4.69, 9.17) is 43.5 Å². The molecule has 1 aromatic carbocycles. The van der Waals surface area contributed by atoms with Gasteiger partial charge in [0, 0.05) is 35.1 Å². The molecule has 1 aliphatic heterocycles. The molecule has 10 heteroatoms. The number of piperidine rings is 1. The van der Waals surface area contributed by atoms with Gasteiger partial charge in [0.15, 0.2) is 11.5 Å². The van der Waals surface area contributed by atoms with Crippen LogP contribution in [0.2, 0.25) is 10.0 Å². The van der Waals surface area contributed by atoms with Crippen LogP contribution in [0.4, 0.5) is 5.95 Å². The van der Waals surface area contributed by atoms with Crippen LogP contribution in [-0.4, -0.2) is 49.1 Å². The van der Waals surface area contributed by atoms with E-state index >= 15 is 0 Å². The highest BCUT2D eigenvalue weighted by Crippen LogP contribution is 2.30. The van der Waals surface area contributed by atoms with E-state index in [1.807, 2.05) is 18.2 Å². The van der Waals surface area contributed by atoms with Crippen LogP contribution in [0, 0.1) is 11.3 Å². The number of nitrogens with one attached hydrogen (secondary N) is 1. The van der Waals surface area contributed by atoms with Gasteiger partial charge in [0.1, 0.15) is 6.07 Å². The number of aromatic nitrogens is 5. The molecule has 184 valence electrons. The zero-order valence-corrected chi connectivity index (χ0v) is 21.3. The van der Waals surface area contributed by atoms with Crippen LogP contribution in [0.25, 0.3) is 16.9 Å². The van der Waals surface area contributed by atoms with Gasteiger partial charge < -0.3 is 5.32 Å². The highest BCUT2D eigenvalue weighted by Gasteiger charge is 2.17. The van der Waals surface area contributed by atoms with Crippen molar-refractivity contribution < 1.29 is 0 Å². The Morgan fingerprint density at radius 3 is 2.64 bits per heavy atom. The fourth-order valence-corrected chi connectivity index (χ4v) is 4.88. The summed E-state index contributed by atoms with van der Waals surface area (Å²) in [4.78, 5) is 16.4. The van der Waals surface area contributed by atoms with Crippen LogP contribution in [0.5, 0.6) is 0 Å². The van der Waals surface area contributed by atoms with Gasteiger partial charge in [-0.15, -0.1) is 5.10 Å². The van der Waals surface area contributed by atoms with Crippen LogP contribution in [0.15, 0.2) is 42.6 Å². The summed E-state index contributed by atoms with van der Waals surface area (Å²) in [5.74, 6) is 1.39. The first kappa shape index (κ1) is 24.4. The molecule has 36 heavy (non-hydrogen) atoms. The average molecular weight is 521 g/mol. The molecule has 0 saturated carbocycles. The fraction of sp³-hybridized carbons (Fsp3) is 0.346. The number of nitriles is 1. The van der Waals surface area contributed by atoms with Crippen molar-refractivity contribution in [2.45, 2.75) is 38.6 Å². The number of rotatable bonds is 8. The number of likely N-dealkylation sites (tertiary alicyclic amines) is 1. The molecule has 0 atom stereocenters. The fourth-order valence-electron chi connectivity index (χ4n) is 4.38. The molecular weight excluding hydrogens is 495 g/mol. The van der Waals surface area contributed by atoms with Gasteiger partial charge in [-0.2, -0.15) is 9.78 Å². The number of hydrogen-bond donors (Lipinski definition) is 1. The van der Waals surface area contributed by atoms with Crippen molar-refractivity contribution >= 4 is 34.8 Å². The molecule has 1 N–H and O–H groups in total. The zero-order chi connectivity index (χ0) is 24.9. The number of nitrogens with zero attached hydrogens (tertiary/aromatic N) is 7. The number of halogens is 2. The number of anilines is 1. The van der Waals surface area contributed by atoms with Gasteiger partial charge in [-0.1, -0.05) is 29.6 Å². The van der Waals surface area contributed by atoms with Gasteiger partial charge in [-0.05, 0) is 69.1 Å². The molecular formula is C26H26Cl2N8. The predicted molar refractivity (Wildman–Crippen MR) is 141 cm³/mol. The van der Waals surface area contributed by atoms with Crippen LogP contribution in [0.1, 0.15) is 42.8 Å². The lowest BCUT2D eigenvalue weighted by Crippen LogP contribution is -2.29. The third-order valence-electron chi connectivity index (χ3n) is 6.24. The van der Waals surface area contributed by atoms with E-state index in [0.717, 1.165) is 49.6 Å². The smallest absolute Gasteiger partial charge is 0.226 e. The first-order valence-electron chi connectivity index (χ1n) is 12.1. The molecule has 0 amide bonds. The Morgan fingerprint density at radius 2 is 1.89 bits per heavy atom. The summed E-state index contributed by atoms with van der Waals surface area (Å²) in [5.41, 5.74) is 3.72. The Kier molecular flexibility index (Phi) is 7.61. The molecule has 4 aromatic rings. The van der Waals surface area contributed by atoms with Gasteiger partial charge >= 0.3 is 0 Å². The van der Waals surface area contributed by atoms with Crippen molar-refractivity contribution in [1.29, 1.82) is 5.26 Å². The van der Waals surface area contributed by atoms with E-state index < -0.39 is 0 Å². The number of hydrogen-bond acceptors (Lipinski definition) is 7. The minimum absolute atomic E-state index is 0.533. The Bertz CT molecular complexity index is 1390. The van der Waals surface area contributed by atoms with Crippen LogP contribution >= 0.6 is 23.2 Å². The van der Waals surface area contributed by atoms with Gasteiger partial charge in [0.25, 0.3) is 0 Å². The lowest BCUT2D eigenvalue weighted by atomic mass is 10.1. The monoisotopic (exact) mass is 520 g/mol. The SMILES string of the molecule is N#Cc1ccc(CCCNc2nc(-c3ccc(Cl)cc3Cl)cc3nc(CN4CCCCC4)nn23)nc1. The van der Waals surface area contributed by atoms with Crippen LogP contribution in [-0.2, 0) is 13.0 Å². The standard InChI is InChI=1S/C26H26Cl2N8/c27-19-7-9-21(22(28)13-19)23-14-25-33-24(17-35-11-2-1-3-12-35)34-36(25)26(32-23)30-10-4-5-20-8-6-18(15-29)16-31-20/h6-9,13-14,16H,1-5,10-12,17H2,(H,30,32). The second-order valence-electron chi connectivity index (χ2n) is 8.90. The Hall–Kier alpha value is -3.25. The summed E-state index contributed by atoms with van der Waals surface area (Å²) < 4.78 is 1.77. The number of benzene rings is 1. The third kappa shape index (κ3) is 5.76. The largest absolute Gasteiger partial charge is 0.354 e. The molecule has 4 heterocycles. The molecule has 0 spiro atoms. The van der Waals surface area contributed by atoms with Crippen LogP contribution in [0.3, 0.4) is 0 Å². The van der Waals surface area contributed by atoms with E-state index in [2.05, 4.69) is 21.3 Å². The molecule has 0 unspecified atom stereocenters. The number of pyridine rings is 1. The number of fused-ring (bicyclic) bond motifs is 1. The van der Waals surface area contributed by atoms with Crippen molar-refractivity contribution in [3.8, 4) is 17.3 Å². The highest BCUT2D eigenvalue weighted by atomic mass is 35.5. The summed E-state index contributed by atoms with van der Waals surface area (Å²) in [6.07, 6.45) is 6.94. The van der Waals surface area contributed by atoms with Gasteiger partial charge in [-0.3, -0.25) is 9.88 Å². The molecule has 0 aliphatic carbocycles. The maximum atomic E-state index is 8.95. The summed E-state index contributed by atoms with van der Waals surface area (Å²) in [6.45, 7) is 3.55. The molecule has 1 saturated heterocycles. The molecule has 5 rings (SSSR count). The maximum Gasteiger partial charge on any atom is 0.226 e. The molecule has 1 aliphatic rings.